The van der Waals surface area contributed by atoms with Crippen molar-refractivity contribution in [2.24, 2.45) is 11.8 Å². The quantitative estimate of drug-likeness (QED) is 0.650. The minimum absolute atomic E-state index is 0.0524. The minimum Gasteiger partial charge on any atom is -0.385 e. The summed E-state index contributed by atoms with van der Waals surface area (Å²) >= 11 is 0. The molecule has 4 heteroatoms. The van der Waals surface area contributed by atoms with Crippen molar-refractivity contribution in [2.75, 3.05) is 6.61 Å². The molecule has 6 atom stereocenters. The zero-order chi connectivity index (χ0) is 18.5. The maximum absolute atomic E-state index is 12.9. The number of benzene rings is 1. The number of hydrogen-bond acceptors (Lipinski definition) is 4. The molecule has 3 aliphatic rings. The molecule has 4 nitrogen and oxygen atoms in total. The summed E-state index contributed by atoms with van der Waals surface area (Å²) in [5.74, 6) is -0.521. The van der Waals surface area contributed by atoms with Crippen LogP contribution in [0.2, 0.25) is 0 Å². The topological polar surface area (TPSA) is 62.4 Å². The predicted molar refractivity (Wildman–Crippen MR) is 98.8 cm³/mol. The second-order valence-electron chi connectivity index (χ2n) is 8.58. The molecule has 26 heavy (non-hydrogen) atoms. The fourth-order valence-corrected chi connectivity index (χ4v) is 4.81. The van der Waals surface area contributed by atoms with E-state index in [-0.39, 0.29) is 23.7 Å². The molecule has 1 N–H and O–H groups in total. The zero-order valence-corrected chi connectivity index (χ0v) is 15.8. The highest BCUT2D eigenvalue weighted by atomic mass is 16.6. The van der Waals surface area contributed by atoms with Gasteiger partial charge in [-0.15, -0.1) is 0 Å². The summed E-state index contributed by atoms with van der Waals surface area (Å²) in [6.45, 7) is 6.77. The summed E-state index contributed by atoms with van der Waals surface area (Å²) in [5.41, 5.74) is 1.50. The molecule has 2 saturated heterocycles. The Kier molecular flexibility index (Phi) is 4.33. The molecule has 2 unspecified atom stereocenters. The summed E-state index contributed by atoms with van der Waals surface area (Å²) in [7, 11) is 0. The first-order chi connectivity index (χ1) is 12.4. The molecule has 0 aromatic heterocycles. The number of carbonyl (C=O) groups excluding carboxylic acids is 1. The van der Waals surface area contributed by atoms with Gasteiger partial charge in [0.1, 0.15) is 17.3 Å². The van der Waals surface area contributed by atoms with E-state index in [1.54, 1.807) is 0 Å². The Balaban J connectivity index is 1.51. The van der Waals surface area contributed by atoms with Crippen LogP contribution in [0.4, 0.5) is 0 Å². The van der Waals surface area contributed by atoms with Crippen molar-refractivity contribution in [3.63, 3.8) is 0 Å². The normalized spacial score (nSPS) is 41.2. The number of rotatable bonds is 5. The highest BCUT2D eigenvalue weighted by Crippen LogP contribution is 2.59. The van der Waals surface area contributed by atoms with Crippen molar-refractivity contribution >= 4 is 5.78 Å². The third-order valence-corrected chi connectivity index (χ3v) is 6.34. The number of aliphatic hydroxyl groups is 1. The second-order valence-corrected chi connectivity index (χ2v) is 8.58. The Hall–Kier alpha value is -1.49. The van der Waals surface area contributed by atoms with Crippen LogP contribution in [0.3, 0.4) is 0 Å². The average molecular weight is 356 g/mol. The molecule has 1 aliphatic carbocycles. The molecule has 1 saturated carbocycles. The van der Waals surface area contributed by atoms with Crippen molar-refractivity contribution in [1.29, 1.82) is 0 Å². The molecule has 3 fully saturated rings. The molecule has 2 aliphatic heterocycles. The highest BCUT2D eigenvalue weighted by molar-refractivity contribution is 5.87. The number of carbonyl (C=O) groups is 1. The standard InChI is InChI=1S/C22H28O4/c1-14(2)9-10-17-21(3,26-17)20-19(24)18(23)16(12-22(20)13-25-22)11-15-7-5-4-6-8-15/h4-9,16-17,19-20,24H,10-13H2,1-3H3/t16?,17-,19-,20-,21?,22+/m1/s1. The lowest BCUT2D eigenvalue weighted by molar-refractivity contribution is -0.145. The van der Waals surface area contributed by atoms with Crippen LogP contribution in [-0.4, -0.2) is 40.9 Å². The molecule has 1 spiro atoms. The largest absolute Gasteiger partial charge is 0.385 e. The molecular weight excluding hydrogens is 328 g/mol. The van der Waals surface area contributed by atoms with Gasteiger partial charge in [0.2, 0.25) is 0 Å². The molecule has 140 valence electrons. The third kappa shape index (κ3) is 3.04. The maximum Gasteiger partial charge on any atom is 0.165 e. The van der Waals surface area contributed by atoms with E-state index in [0.717, 1.165) is 12.0 Å². The first-order valence-electron chi connectivity index (χ1n) is 9.56. The van der Waals surface area contributed by atoms with Gasteiger partial charge in [0.15, 0.2) is 5.78 Å². The van der Waals surface area contributed by atoms with Crippen molar-refractivity contribution in [2.45, 2.75) is 63.4 Å². The third-order valence-electron chi connectivity index (χ3n) is 6.34. The molecule has 4 rings (SSSR count). The van der Waals surface area contributed by atoms with Gasteiger partial charge in [0.05, 0.1) is 18.6 Å². The van der Waals surface area contributed by atoms with Crippen LogP contribution in [0.1, 0.15) is 39.2 Å². The summed E-state index contributed by atoms with van der Waals surface area (Å²) in [6, 6.07) is 10.0. The summed E-state index contributed by atoms with van der Waals surface area (Å²) in [4.78, 5) is 12.9. The van der Waals surface area contributed by atoms with Gasteiger partial charge in [-0.2, -0.15) is 0 Å². The molecule has 2 heterocycles. The lowest BCUT2D eigenvalue weighted by Gasteiger charge is -2.39. The summed E-state index contributed by atoms with van der Waals surface area (Å²) in [6.07, 6.45) is 3.35. The summed E-state index contributed by atoms with van der Waals surface area (Å²) in [5, 5.41) is 10.9. The number of Topliss-reactive ketones (excluding diaryl/α,β-unsaturated/α-hetero) is 1. The number of allylic oxidation sites excluding steroid dienone is 1. The Labute approximate surface area is 155 Å². The van der Waals surface area contributed by atoms with Gasteiger partial charge in [-0.3, -0.25) is 4.79 Å². The van der Waals surface area contributed by atoms with Crippen molar-refractivity contribution in [3.05, 3.63) is 47.5 Å². The van der Waals surface area contributed by atoms with Gasteiger partial charge in [0, 0.05) is 5.92 Å². The van der Waals surface area contributed by atoms with E-state index in [1.807, 2.05) is 37.3 Å². The van der Waals surface area contributed by atoms with Gasteiger partial charge in [-0.05, 0) is 45.6 Å². The lowest BCUT2D eigenvalue weighted by Crippen LogP contribution is -2.55. The Morgan fingerprint density at radius 2 is 2.00 bits per heavy atom. The van der Waals surface area contributed by atoms with Crippen LogP contribution in [0.15, 0.2) is 42.0 Å². The predicted octanol–water partition coefficient (Wildman–Crippen LogP) is 3.08. The Bertz CT molecular complexity index is 717. The van der Waals surface area contributed by atoms with E-state index in [9.17, 15) is 9.90 Å². The minimum atomic E-state index is -1.01. The fourth-order valence-electron chi connectivity index (χ4n) is 4.81. The number of epoxide rings is 2. The van der Waals surface area contributed by atoms with Gasteiger partial charge in [-0.1, -0.05) is 42.0 Å². The maximum atomic E-state index is 12.9. The van der Waals surface area contributed by atoms with Crippen LogP contribution in [0.5, 0.6) is 0 Å². The molecule has 1 aromatic rings. The van der Waals surface area contributed by atoms with Crippen LogP contribution < -0.4 is 0 Å². The Morgan fingerprint density at radius 3 is 2.62 bits per heavy atom. The van der Waals surface area contributed by atoms with E-state index in [0.29, 0.717) is 19.4 Å². The van der Waals surface area contributed by atoms with Crippen LogP contribution >= 0.6 is 0 Å². The molecule has 0 bridgehead atoms. The van der Waals surface area contributed by atoms with E-state index >= 15 is 0 Å². The van der Waals surface area contributed by atoms with Crippen LogP contribution in [0, 0.1) is 11.8 Å². The average Bonchev–Trinajstić information content (AvgIpc) is 3.50. The van der Waals surface area contributed by atoms with Crippen LogP contribution in [-0.2, 0) is 20.7 Å². The first-order valence-corrected chi connectivity index (χ1v) is 9.56. The zero-order valence-electron chi connectivity index (χ0n) is 15.8. The monoisotopic (exact) mass is 356 g/mol. The highest BCUT2D eigenvalue weighted by Gasteiger charge is 2.72. The first kappa shape index (κ1) is 17.9. The van der Waals surface area contributed by atoms with E-state index in [2.05, 4.69) is 19.9 Å². The molecular formula is C22H28O4. The van der Waals surface area contributed by atoms with E-state index in [4.69, 9.17) is 9.47 Å². The van der Waals surface area contributed by atoms with Gasteiger partial charge >= 0.3 is 0 Å². The van der Waals surface area contributed by atoms with Crippen molar-refractivity contribution < 1.29 is 19.4 Å². The number of aliphatic hydroxyl groups excluding tert-OH is 1. The van der Waals surface area contributed by atoms with Gasteiger partial charge in [0.25, 0.3) is 0 Å². The second kappa shape index (κ2) is 6.29. The smallest absolute Gasteiger partial charge is 0.165 e. The Morgan fingerprint density at radius 1 is 1.31 bits per heavy atom. The number of ketones is 1. The van der Waals surface area contributed by atoms with Gasteiger partial charge < -0.3 is 14.6 Å². The van der Waals surface area contributed by atoms with E-state index < -0.39 is 17.3 Å². The van der Waals surface area contributed by atoms with Gasteiger partial charge in [-0.25, -0.2) is 0 Å². The summed E-state index contributed by atoms with van der Waals surface area (Å²) < 4.78 is 11.9. The van der Waals surface area contributed by atoms with Crippen molar-refractivity contribution in [3.8, 4) is 0 Å². The lowest BCUT2D eigenvalue weighted by atomic mass is 9.64. The van der Waals surface area contributed by atoms with E-state index in [1.165, 1.54) is 5.57 Å². The molecule has 1 aromatic carbocycles. The molecule has 0 radical (unpaired) electrons. The number of ether oxygens (including phenoxy) is 2. The van der Waals surface area contributed by atoms with Crippen LogP contribution in [0.25, 0.3) is 0 Å². The molecule has 0 amide bonds. The fraction of sp³-hybridized carbons (Fsp3) is 0.591. The SMILES string of the molecule is CC(C)=CC[C@H]1OC1(C)[C@H]1[C@H](O)C(=O)C(Cc2ccccc2)C[C@]12CO2. The number of hydrogen-bond donors (Lipinski definition) is 1. The van der Waals surface area contributed by atoms with Crippen molar-refractivity contribution in [1.82, 2.24) is 0 Å².